The zero-order valence-electron chi connectivity index (χ0n) is 17.0. The molecule has 0 radical (unpaired) electrons. The minimum absolute atomic E-state index is 0.00780. The second kappa shape index (κ2) is 9.67. The van der Waals surface area contributed by atoms with E-state index in [2.05, 4.69) is 4.90 Å². The molecule has 0 aliphatic carbocycles. The summed E-state index contributed by atoms with van der Waals surface area (Å²) < 4.78 is 11.9. The molecule has 1 amide bonds. The number of ether oxygens (including phenoxy) is 2. The smallest absolute Gasteiger partial charge is 0.252 e. The molecule has 2 aromatic carbocycles. The number of halogens is 2. The first-order valence-corrected chi connectivity index (χ1v) is 11.0. The van der Waals surface area contributed by atoms with Crippen molar-refractivity contribution in [3.63, 3.8) is 0 Å². The molecular weight excluding hydrogens is 423 g/mol. The van der Waals surface area contributed by atoms with E-state index < -0.39 is 6.10 Å². The Bertz CT molecular complexity index is 854. The third-order valence-corrected chi connectivity index (χ3v) is 6.36. The van der Waals surface area contributed by atoms with Crippen molar-refractivity contribution < 1.29 is 14.3 Å². The number of carbonyl (C=O) groups excluding carboxylic acids is 1. The summed E-state index contributed by atoms with van der Waals surface area (Å²) in [5, 5.41) is 1.33. The van der Waals surface area contributed by atoms with E-state index in [1.165, 1.54) is 0 Å². The van der Waals surface area contributed by atoms with Gasteiger partial charge >= 0.3 is 0 Å². The number of hydrogen-bond acceptors (Lipinski definition) is 4. The summed E-state index contributed by atoms with van der Waals surface area (Å²) >= 11 is 12.2. The molecule has 160 valence electrons. The first-order valence-electron chi connectivity index (χ1n) is 10.3. The first kappa shape index (κ1) is 21.6. The maximum Gasteiger partial charge on any atom is 0.252 e. The second-order valence-electron chi connectivity index (χ2n) is 7.79. The quantitative estimate of drug-likeness (QED) is 0.681. The van der Waals surface area contributed by atoms with Gasteiger partial charge in [0.15, 0.2) is 0 Å². The van der Waals surface area contributed by atoms with Gasteiger partial charge in [-0.05, 0) is 41.8 Å². The molecule has 2 fully saturated rings. The molecule has 0 bridgehead atoms. The summed E-state index contributed by atoms with van der Waals surface area (Å²) in [6.45, 7) is 4.08. The molecule has 7 heteroatoms. The van der Waals surface area contributed by atoms with Gasteiger partial charge in [0.1, 0.15) is 12.2 Å². The Labute approximate surface area is 187 Å². The van der Waals surface area contributed by atoms with E-state index in [1.54, 1.807) is 0 Å². The van der Waals surface area contributed by atoms with Gasteiger partial charge in [-0.2, -0.15) is 0 Å². The first-order chi connectivity index (χ1) is 14.5. The zero-order valence-corrected chi connectivity index (χ0v) is 18.5. The largest absolute Gasteiger partial charge is 0.379 e. The van der Waals surface area contributed by atoms with Gasteiger partial charge in [0, 0.05) is 36.7 Å². The summed E-state index contributed by atoms with van der Waals surface area (Å²) in [6, 6.07) is 15.0. The molecule has 0 saturated carbocycles. The molecule has 2 aromatic rings. The summed E-state index contributed by atoms with van der Waals surface area (Å²) in [5.74, 6) is 0.00780. The van der Waals surface area contributed by atoms with Crippen molar-refractivity contribution >= 4 is 29.1 Å². The number of morpholine rings is 2. The van der Waals surface area contributed by atoms with Gasteiger partial charge in [0.2, 0.25) is 0 Å². The van der Waals surface area contributed by atoms with E-state index in [0.717, 1.165) is 44.0 Å². The molecule has 0 N–H and O–H groups in total. The van der Waals surface area contributed by atoms with Crippen LogP contribution in [0.2, 0.25) is 10.0 Å². The average molecular weight is 449 g/mol. The fourth-order valence-corrected chi connectivity index (χ4v) is 4.42. The maximum atomic E-state index is 13.2. The maximum absolute atomic E-state index is 13.2. The SMILES string of the molecule is CN1C(=O)[C@H](CCN2CCOCC2)O[C@@H](c2ccc(Cl)cc2)C1c1ccc(Cl)cc1. The highest BCUT2D eigenvalue weighted by atomic mass is 35.5. The Morgan fingerprint density at radius 1 is 0.933 bits per heavy atom. The number of nitrogens with zero attached hydrogens (tertiary/aromatic N) is 2. The van der Waals surface area contributed by atoms with Crippen molar-refractivity contribution in [1.29, 1.82) is 0 Å². The molecule has 2 aliphatic heterocycles. The third-order valence-electron chi connectivity index (χ3n) is 5.86. The minimum Gasteiger partial charge on any atom is -0.379 e. The molecule has 2 aliphatic rings. The van der Waals surface area contributed by atoms with Crippen LogP contribution in [0.5, 0.6) is 0 Å². The normalized spacial score (nSPS) is 25.5. The van der Waals surface area contributed by atoms with Crippen molar-refractivity contribution in [3.8, 4) is 0 Å². The molecule has 2 saturated heterocycles. The van der Waals surface area contributed by atoms with E-state index in [-0.39, 0.29) is 18.1 Å². The fraction of sp³-hybridized carbons (Fsp3) is 0.435. The molecule has 1 unspecified atom stereocenters. The number of benzene rings is 2. The molecule has 5 nitrogen and oxygen atoms in total. The van der Waals surface area contributed by atoms with Crippen molar-refractivity contribution in [1.82, 2.24) is 9.80 Å². The minimum atomic E-state index is -0.484. The third kappa shape index (κ3) is 4.82. The molecular formula is C23H26Cl2N2O3. The van der Waals surface area contributed by atoms with E-state index in [0.29, 0.717) is 16.5 Å². The summed E-state index contributed by atoms with van der Waals surface area (Å²) in [7, 11) is 1.86. The lowest BCUT2D eigenvalue weighted by Gasteiger charge is -2.43. The highest BCUT2D eigenvalue weighted by molar-refractivity contribution is 6.30. The lowest BCUT2D eigenvalue weighted by atomic mass is 9.91. The number of rotatable bonds is 5. The predicted molar refractivity (Wildman–Crippen MR) is 118 cm³/mol. The number of likely N-dealkylation sites (N-methyl/N-ethyl adjacent to an activating group) is 1. The second-order valence-corrected chi connectivity index (χ2v) is 8.66. The topological polar surface area (TPSA) is 42.0 Å². The van der Waals surface area contributed by atoms with Crippen LogP contribution in [-0.2, 0) is 14.3 Å². The molecule has 3 atom stereocenters. The Balaban J connectivity index is 1.59. The average Bonchev–Trinajstić information content (AvgIpc) is 2.77. The molecule has 0 aromatic heterocycles. The fourth-order valence-electron chi connectivity index (χ4n) is 4.16. The lowest BCUT2D eigenvalue weighted by Crippen LogP contribution is -2.50. The van der Waals surface area contributed by atoms with Crippen LogP contribution in [0.3, 0.4) is 0 Å². The van der Waals surface area contributed by atoms with E-state index in [1.807, 2.05) is 60.5 Å². The van der Waals surface area contributed by atoms with Crippen molar-refractivity contribution in [2.75, 3.05) is 39.9 Å². The van der Waals surface area contributed by atoms with Gasteiger partial charge in [-0.25, -0.2) is 0 Å². The van der Waals surface area contributed by atoms with Crippen LogP contribution >= 0.6 is 23.2 Å². The Kier molecular flexibility index (Phi) is 6.96. The van der Waals surface area contributed by atoms with Crippen LogP contribution in [0.1, 0.15) is 29.7 Å². The van der Waals surface area contributed by atoms with Gasteiger partial charge in [0.05, 0.1) is 19.3 Å². The van der Waals surface area contributed by atoms with Crippen LogP contribution in [0.4, 0.5) is 0 Å². The molecule has 2 heterocycles. The zero-order chi connectivity index (χ0) is 21.1. The Morgan fingerprint density at radius 3 is 2.10 bits per heavy atom. The molecule has 30 heavy (non-hydrogen) atoms. The number of hydrogen-bond donors (Lipinski definition) is 0. The van der Waals surface area contributed by atoms with Crippen LogP contribution in [0.25, 0.3) is 0 Å². The lowest BCUT2D eigenvalue weighted by molar-refractivity contribution is -0.172. The predicted octanol–water partition coefficient (Wildman–Crippen LogP) is 4.36. The summed E-state index contributed by atoms with van der Waals surface area (Å²) in [6.07, 6.45) is -0.122. The van der Waals surface area contributed by atoms with Gasteiger partial charge in [-0.15, -0.1) is 0 Å². The molecule has 0 spiro atoms. The molecule has 4 rings (SSSR count). The standard InChI is InChI=1S/C23H26Cl2N2O3/c1-26-21(16-2-6-18(24)7-3-16)22(17-4-8-19(25)9-5-17)30-20(23(26)28)10-11-27-12-14-29-15-13-27/h2-9,20-22H,10-15H2,1H3/t20-,21?,22-/m0/s1. The Morgan fingerprint density at radius 2 is 1.50 bits per heavy atom. The van der Waals surface area contributed by atoms with E-state index in [9.17, 15) is 4.79 Å². The van der Waals surface area contributed by atoms with Gasteiger partial charge < -0.3 is 14.4 Å². The summed E-state index contributed by atoms with van der Waals surface area (Å²) in [5.41, 5.74) is 1.98. The van der Waals surface area contributed by atoms with Crippen LogP contribution in [0.15, 0.2) is 48.5 Å². The van der Waals surface area contributed by atoms with Crippen molar-refractivity contribution in [2.24, 2.45) is 0 Å². The monoisotopic (exact) mass is 448 g/mol. The number of amides is 1. The van der Waals surface area contributed by atoms with E-state index in [4.69, 9.17) is 32.7 Å². The van der Waals surface area contributed by atoms with Crippen LogP contribution in [0, 0.1) is 0 Å². The van der Waals surface area contributed by atoms with Crippen LogP contribution < -0.4 is 0 Å². The number of carbonyl (C=O) groups is 1. The van der Waals surface area contributed by atoms with Gasteiger partial charge in [0.25, 0.3) is 5.91 Å². The highest BCUT2D eigenvalue weighted by Crippen LogP contribution is 2.42. The summed E-state index contributed by atoms with van der Waals surface area (Å²) in [4.78, 5) is 17.3. The highest BCUT2D eigenvalue weighted by Gasteiger charge is 2.42. The van der Waals surface area contributed by atoms with Crippen molar-refractivity contribution in [3.05, 3.63) is 69.7 Å². The van der Waals surface area contributed by atoms with E-state index >= 15 is 0 Å². The van der Waals surface area contributed by atoms with Crippen molar-refractivity contribution in [2.45, 2.75) is 24.7 Å². The Hall–Kier alpha value is -1.63. The van der Waals surface area contributed by atoms with Gasteiger partial charge in [-0.3, -0.25) is 9.69 Å². The van der Waals surface area contributed by atoms with Crippen LogP contribution in [-0.4, -0.2) is 61.7 Å². The van der Waals surface area contributed by atoms with Gasteiger partial charge in [-0.1, -0.05) is 47.5 Å².